The van der Waals surface area contributed by atoms with E-state index < -0.39 is 11.9 Å². The molecule has 6 heteroatoms. The fourth-order valence-electron chi connectivity index (χ4n) is 2.12. The monoisotopic (exact) mass is 332 g/mol. The van der Waals surface area contributed by atoms with Crippen LogP contribution in [-0.2, 0) is 6.42 Å². The molecular formula is C17H16O5S. The van der Waals surface area contributed by atoms with Crippen molar-refractivity contribution in [1.82, 2.24) is 0 Å². The molecule has 0 unspecified atom stereocenters. The Morgan fingerprint density at radius 2 is 1.65 bits per heavy atom. The molecule has 0 atom stereocenters. The van der Waals surface area contributed by atoms with E-state index in [1.54, 1.807) is 18.2 Å². The molecule has 0 bridgehead atoms. The highest BCUT2D eigenvalue weighted by molar-refractivity contribution is 7.99. The summed E-state index contributed by atoms with van der Waals surface area (Å²) in [6.07, 6.45) is 0.588. The zero-order valence-corrected chi connectivity index (χ0v) is 13.3. The molecule has 0 aliphatic carbocycles. The number of rotatable bonds is 6. The largest absolute Gasteiger partial charge is 0.507 e. The normalized spacial score (nSPS) is 10.5. The van der Waals surface area contributed by atoms with Gasteiger partial charge < -0.3 is 15.3 Å². The molecule has 5 nitrogen and oxygen atoms in total. The molecule has 2 aromatic rings. The summed E-state index contributed by atoms with van der Waals surface area (Å²) in [5.74, 6) is -1.78. The second-order valence-electron chi connectivity index (χ2n) is 5.06. The van der Waals surface area contributed by atoms with Gasteiger partial charge in [-0.3, -0.25) is 0 Å². The summed E-state index contributed by atoms with van der Waals surface area (Å²) in [5.41, 5.74) is 1.92. The number of aromatic hydroxyl groups is 1. The zero-order valence-electron chi connectivity index (χ0n) is 12.4. The van der Waals surface area contributed by atoms with Gasteiger partial charge in [0.05, 0.1) is 5.56 Å². The van der Waals surface area contributed by atoms with Gasteiger partial charge in [0.25, 0.3) is 0 Å². The van der Waals surface area contributed by atoms with Crippen LogP contribution in [0.5, 0.6) is 5.75 Å². The standard InChI is InChI=1S/C17H16O5S/c1-10-2-4-13(17(21)22)15(8-10)23-7-6-11-3-5-12(16(19)20)14(18)9-11/h2-5,8-9,18H,6-7H2,1H3,(H,19,20)(H,21,22). The van der Waals surface area contributed by atoms with E-state index in [9.17, 15) is 19.8 Å². The Morgan fingerprint density at radius 1 is 1.00 bits per heavy atom. The van der Waals surface area contributed by atoms with E-state index in [1.807, 2.05) is 13.0 Å². The van der Waals surface area contributed by atoms with Crippen molar-refractivity contribution >= 4 is 23.7 Å². The van der Waals surface area contributed by atoms with Crippen molar-refractivity contribution in [2.45, 2.75) is 18.2 Å². The Morgan fingerprint density at radius 3 is 2.26 bits per heavy atom. The van der Waals surface area contributed by atoms with E-state index in [2.05, 4.69) is 0 Å². The van der Waals surface area contributed by atoms with Crippen LogP contribution in [0, 0.1) is 6.92 Å². The summed E-state index contributed by atoms with van der Waals surface area (Å²) < 4.78 is 0. The highest BCUT2D eigenvalue weighted by Crippen LogP contribution is 2.26. The van der Waals surface area contributed by atoms with E-state index in [-0.39, 0.29) is 16.9 Å². The lowest BCUT2D eigenvalue weighted by molar-refractivity contribution is 0.0682. The van der Waals surface area contributed by atoms with Gasteiger partial charge in [-0.25, -0.2) is 9.59 Å². The molecule has 0 aliphatic rings. The average Bonchev–Trinajstić information content (AvgIpc) is 2.46. The van der Waals surface area contributed by atoms with Gasteiger partial charge in [0, 0.05) is 10.6 Å². The van der Waals surface area contributed by atoms with Gasteiger partial charge in [-0.05, 0) is 48.7 Å². The molecule has 0 spiro atoms. The van der Waals surface area contributed by atoms with Crippen LogP contribution in [-0.4, -0.2) is 33.0 Å². The van der Waals surface area contributed by atoms with Gasteiger partial charge in [0.1, 0.15) is 11.3 Å². The molecule has 0 saturated heterocycles. The van der Waals surface area contributed by atoms with Crippen molar-refractivity contribution in [2.24, 2.45) is 0 Å². The van der Waals surface area contributed by atoms with Crippen LogP contribution >= 0.6 is 11.8 Å². The van der Waals surface area contributed by atoms with Gasteiger partial charge in [-0.15, -0.1) is 11.8 Å². The summed E-state index contributed by atoms with van der Waals surface area (Å²) in [7, 11) is 0. The molecular weight excluding hydrogens is 316 g/mol. The van der Waals surface area contributed by atoms with Crippen molar-refractivity contribution in [3.05, 3.63) is 58.7 Å². The first kappa shape index (κ1) is 16.9. The topological polar surface area (TPSA) is 94.8 Å². The number of benzene rings is 2. The molecule has 0 amide bonds. The number of hydrogen-bond donors (Lipinski definition) is 3. The summed E-state index contributed by atoms with van der Waals surface area (Å²) in [6.45, 7) is 1.90. The van der Waals surface area contributed by atoms with Crippen LogP contribution in [0.3, 0.4) is 0 Å². The van der Waals surface area contributed by atoms with Crippen LogP contribution in [0.15, 0.2) is 41.3 Å². The van der Waals surface area contributed by atoms with E-state index >= 15 is 0 Å². The second kappa shape index (κ2) is 7.19. The Bertz CT molecular complexity index is 755. The minimum Gasteiger partial charge on any atom is -0.507 e. The maximum Gasteiger partial charge on any atom is 0.339 e. The van der Waals surface area contributed by atoms with Crippen LogP contribution in [0.25, 0.3) is 0 Å². The summed E-state index contributed by atoms with van der Waals surface area (Å²) in [6, 6.07) is 9.63. The fourth-order valence-corrected chi connectivity index (χ4v) is 3.26. The second-order valence-corrected chi connectivity index (χ2v) is 6.20. The number of carbonyl (C=O) groups is 2. The first-order chi connectivity index (χ1) is 10.9. The number of phenols is 1. The highest BCUT2D eigenvalue weighted by atomic mass is 32.2. The molecule has 23 heavy (non-hydrogen) atoms. The molecule has 2 aromatic carbocycles. The molecule has 0 aliphatic heterocycles. The molecule has 120 valence electrons. The predicted octanol–water partition coefficient (Wildman–Crippen LogP) is 3.43. The smallest absolute Gasteiger partial charge is 0.339 e. The SMILES string of the molecule is Cc1ccc(C(=O)O)c(SCCc2ccc(C(=O)O)c(O)c2)c1. The number of carboxylic acid groups (broad SMARTS) is 2. The van der Waals surface area contributed by atoms with E-state index in [0.717, 1.165) is 11.1 Å². The van der Waals surface area contributed by atoms with E-state index in [0.29, 0.717) is 17.1 Å². The Hall–Kier alpha value is -2.47. The van der Waals surface area contributed by atoms with Gasteiger partial charge in [0.2, 0.25) is 0 Å². The third-order valence-corrected chi connectivity index (χ3v) is 4.37. The van der Waals surface area contributed by atoms with E-state index in [4.69, 9.17) is 5.11 Å². The maximum absolute atomic E-state index is 11.2. The Labute approximate surface area is 137 Å². The van der Waals surface area contributed by atoms with Crippen molar-refractivity contribution < 1.29 is 24.9 Å². The molecule has 0 aromatic heterocycles. The third kappa shape index (κ3) is 4.26. The number of aromatic carboxylic acids is 2. The molecule has 0 radical (unpaired) electrons. The number of thioether (sulfide) groups is 1. The zero-order chi connectivity index (χ0) is 17.0. The maximum atomic E-state index is 11.2. The quantitative estimate of drug-likeness (QED) is 0.702. The van der Waals surface area contributed by atoms with Crippen LogP contribution in [0.4, 0.5) is 0 Å². The number of hydrogen-bond acceptors (Lipinski definition) is 4. The summed E-state index contributed by atoms with van der Waals surface area (Å²) >= 11 is 1.42. The first-order valence-electron chi connectivity index (χ1n) is 6.90. The third-order valence-electron chi connectivity index (χ3n) is 3.31. The van der Waals surface area contributed by atoms with Crippen molar-refractivity contribution in [3.63, 3.8) is 0 Å². The summed E-state index contributed by atoms with van der Waals surface area (Å²) in [5, 5.41) is 27.7. The van der Waals surface area contributed by atoms with Gasteiger partial charge in [-0.1, -0.05) is 12.1 Å². The number of aryl methyl sites for hydroxylation is 2. The van der Waals surface area contributed by atoms with E-state index in [1.165, 1.54) is 23.9 Å². The van der Waals surface area contributed by atoms with Gasteiger partial charge in [0.15, 0.2) is 0 Å². The van der Waals surface area contributed by atoms with Crippen LogP contribution in [0.1, 0.15) is 31.8 Å². The lowest BCUT2D eigenvalue weighted by Gasteiger charge is -2.08. The minimum absolute atomic E-state index is 0.131. The lowest BCUT2D eigenvalue weighted by atomic mass is 10.1. The van der Waals surface area contributed by atoms with Gasteiger partial charge >= 0.3 is 11.9 Å². The minimum atomic E-state index is -1.17. The molecule has 0 heterocycles. The van der Waals surface area contributed by atoms with Crippen molar-refractivity contribution in [1.29, 1.82) is 0 Å². The average molecular weight is 332 g/mol. The Kier molecular flexibility index (Phi) is 5.28. The molecule has 0 fully saturated rings. The van der Waals surface area contributed by atoms with Crippen molar-refractivity contribution in [2.75, 3.05) is 5.75 Å². The van der Waals surface area contributed by atoms with Crippen molar-refractivity contribution in [3.8, 4) is 5.75 Å². The lowest BCUT2D eigenvalue weighted by Crippen LogP contribution is -2.00. The molecule has 0 saturated carbocycles. The molecule has 3 N–H and O–H groups in total. The molecule has 2 rings (SSSR count). The van der Waals surface area contributed by atoms with Crippen LogP contribution in [0.2, 0.25) is 0 Å². The highest BCUT2D eigenvalue weighted by Gasteiger charge is 2.12. The number of carboxylic acids is 2. The fraction of sp³-hybridized carbons (Fsp3) is 0.176. The first-order valence-corrected chi connectivity index (χ1v) is 7.89. The van der Waals surface area contributed by atoms with Gasteiger partial charge in [-0.2, -0.15) is 0 Å². The van der Waals surface area contributed by atoms with Crippen LogP contribution < -0.4 is 0 Å². The Balaban J connectivity index is 2.06. The predicted molar refractivity (Wildman–Crippen MR) is 87.6 cm³/mol. The summed E-state index contributed by atoms with van der Waals surface area (Å²) in [4.78, 5) is 22.8.